The Balaban J connectivity index is 1.49. The molecule has 2 amide bonds. The topological polar surface area (TPSA) is 114 Å². The molecule has 9 nitrogen and oxygen atoms in total. The summed E-state index contributed by atoms with van der Waals surface area (Å²) in [5, 5.41) is 5.50. The number of hydrogen-bond donors (Lipinski definition) is 2. The van der Waals surface area contributed by atoms with E-state index in [2.05, 4.69) is 10.6 Å². The highest BCUT2D eigenvalue weighted by atomic mass is 32.2. The lowest BCUT2D eigenvalue weighted by molar-refractivity contribution is -0.121. The van der Waals surface area contributed by atoms with E-state index in [4.69, 9.17) is 9.47 Å². The highest BCUT2D eigenvalue weighted by Gasteiger charge is 2.34. The van der Waals surface area contributed by atoms with Crippen molar-refractivity contribution in [2.75, 3.05) is 36.9 Å². The van der Waals surface area contributed by atoms with Gasteiger partial charge in [-0.1, -0.05) is 12.1 Å². The Morgan fingerprint density at radius 3 is 2.91 bits per heavy atom. The van der Waals surface area contributed by atoms with Crippen LogP contribution >= 0.6 is 0 Å². The van der Waals surface area contributed by atoms with Crippen molar-refractivity contribution >= 4 is 33.2 Å². The van der Waals surface area contributed by atoms with E-state index in [1.807, 2.05) is 13.0 Å². The van der Waals surface area contributed by atoms with Crippen LogP contribution in [0.4, 0.5) is 11.4 Å². The van der Waals surface area contributed by atoms with Crippen molar-refractivity contribution in [3.05, 3.63) is 42.5 Å². The zero-order chi connectivity index (χ0) is 22.7. The molecule has 0 radical (unpaired) electrons. The molecular weight excluding hydrogens is 434 g/mol. The first-order chi connectivity index (χ1) is 15.4. The Kier molecular flexibility index (Phi) is 6.33. The molecule has 0 aromatic heterocycles. The molecule has 2 N–H and O–H groups in total. The van der Waals surface area contributed by atoms with Gasteiger partial charge in [-0.2, -0.15) is 4.31 Å². The number of fused-ring (bicyclic) bond motifs is 1. The molecule has 0 saturated carbocycles. The number of sulfonamides is 1. The largest absolute Gasteiger partial charge is 0.492 e. The number of para-hydroxylation sites is 2. The van der Waals surface area contributed by atoms with Gasteiger partial charge < -0.3 is 20.1 Å². The number of piperidine rings is 1. The highest BCUT2D eigenvalue weighted by Crippen LogP contribution is 2.33. The van der Waals surface area contributed by atoms with E-state index >= 15 is 0 Å². The van der Waals surface area contributed by atoms with Gasteiger partial charge in [0.2, 0.25) is 15.9 Å². The molecule has 0 unspecified atom stereocenters. The third-order valence-corrected chi connectivity index (χ3v) is 7.28. The van der Waals surface area contributed by atoms with Crippen LogP contribution in [0.3, 0.4) is 0 Å². The number of nitrogens with zero attached hydrogens (tertiary/aromatic N) is 1. The predicted octanol–water partition coefficient (Wildman–Crippen LogP) is 2.46. The van der Waals surface area contributed by atoms with Gasteiger partial charge in [-0.3, -0.25) is 9.59 Å². The van der Waals surface area contributed by atoms with Gasteiger partial charge >= 0.3 is 0 Å². The number of carbonyl (C=O) groups excluding carboxylic acids is 2. The van der Waals surface area contributed by atoms with Crippen LogP contribution in [0.2, 0.25) is 0 Å². The second-order valence-corrected chi connectivity index (χ2v) is 9.55. The van der Waals surface area contributed by atoms with Gasteiger partial charge in [0, 0.05) is 13.1 Å². The third kappa shape index (κ3) is 4.56. The van der Waals surface area contributed by atoms with E-state index in [0.717, 1.165) is 0 Å². The van der Waals surface area contributed by atoms with Crippen molar-refractivity contribution in [2.24, 2.45) is 5.92 Å². The molecule has 10 heteroatoms. The van der Waals surface area contributed by atoms with Crippen molar-refractivity contribution in [1.29, 1.82) is 0 Å². The molecule has 2 heterocycles. The second kappa shape index (κ2) is 9.17. The standard InChI is InChI=1S/C22H25N3O6S/c1-2-30-19-8-4-3-7-17(19)24-22(27)15-6-5-11-25(13-15)32(28,29)16-9-10-20-18(12-16)23-21(26)14-31-20/h3-4,7-10,12,15H,2,5-6,11,13-14H2,1H3,(H,23,26)(H,24,27)/t15-/m1/s1. The Labute approximate surface area is 186 Å². The van der Waals surface area contributed by atoms with Crippen LogP contribution in [0.1, 0.15) is 19.8 Å². The van der Waals surface area contributed by atoms with Crippen molar-refractivity contribution in [1.82, 2.24) is 4.31 Å². The van der Waals surface area contributed by atoms with Gasteiger partial charge in [-0.25, -0.2) is 8.42 Å². The number of hydrogen-bond acceptors (Lipinski definition) is 6. The fourth-order valence-electron chi connectivity index (χ4n) is 3.83. The number of ether oxygens (including phenoxy) is 2. The van der Waals surface area contributed by atoms with Crippen LogP contribution in [0, 0.1) is 5.92 Å². The molecule has 0 bridgehead atoms. The predicted molar refractivity (Wildman–Crippen MR) is 118 cm³/mol. The first kappa shape index (κ1) is 22.1. The first-order valence-corrected chi connectivity index (χ1v) is 11.9. The minimum Gasteiger partial charge on any atom is -0.492 e. The summed E-state index contributed by atoms with van der Waals surface area (Å²) >= 11 is 0. The van der Waals surface area contributed by atoms with E-state index in [1.165, 1.54) is 22.5 Å². The summed E-state index contributed by atoms with van der Waals surface area (Å²) in [5.41, 5.74) is 0.880. The highest BCUT2D eigenvalue weighted by molar-refractivity contribution is 7.89. The lowest BCUT2D eigenvalue weighted by Crippen LogP contribution is -2.43. The molecule has 0 aliphatic carbocycles. The SMILES string of the molecule is CCOc1ccccc1NC(=O)[C@@H]1CCCN(S(=O)(=O)c2ccc3c(c2)NC(=O)CO3)C1. The Morgan fingerprint density at radius 1 is 1.28 bits per heavy atom. The number of benzene rings is 2. The van der Waals surface area contributed by atoms with Crippen LogP contribution in [-0.2, 0) is 19.6 Å². The molecule has 1 fully saturated rings. The fraction of sp³-hybridized carbons (Fsp3) is 0.364. The zero-order valence-corrected chi connectivity index (χ0v) is 18.5. The minimum absolute atomic E-state index is 0.0461. The van der Waals surface area contributed by atoms with E-state index in [0.29, 0.717) is 48.9 Å². The van der Waals surface area contributed by atoms with Crippen molar-refractivity contribution < 1.29 is 27.5 Å². The maximum atomic E-state index is 13.2. The van der Waals surface area contributed by atoms with E-state index in [9.17, 15) is 18.0 Å². The summed E-state index contributed by atoms with van der Waals surface area (Å²) < 4.78 is 38.7. The van der Waals surface area contributed by atoms with E-state index in [-0.39, 0.29) is 29.9 Å². The van der Waals surface area contributed by atoms with Gasteiger partial charge in [-0.15, -0.1) is 0 Å². The lowest BCUT2D eigenvalue weighted by Gasteiger charge is -2.31. The van der Waals surface area contributed by atoms with Crippen molar-refractivity contribution in [3.8, 4) is 11.5 Å². The maximum Gasteiger partial charge on any atom is 0.262 e. The Bertz CT molecular complexity index is 1130. The average Bonchev–Trinajstić information content (AvgIpc) is 2.80. The third-order valence-electron chi connectivity index (χ3n) is 5.42. The zero-order valence-electron chi connectivity index (χ0n) is 17.7. The fourth-order valence-corrected chi connectivity index (χ4v) is 5.38. The monoisotopic (exact) mass is 459 g/mol. The summed E-state index contributed by atoms with van der Waals surface area (Å²) in [6, 6.07) is 11.5. The maximum absolute atomic E-state index is 13.2. The van der Waals surface area contributed by atoms with Gasteiger partial charge in [-0.05, 0) is 50.1 Å². The lowest BCUT2D eigenvalue weighted by atomic mass is 9.98. The molecule has 0 spiro atoms. The van der Waals surface area contributed by atoms with Crippen molar-refractivity contribution in [2.45, 2.75) is 24.7 Å². The van der Waals surface area contributed by atoms with Crippen molar-refractivity contribution in [3.63, 3.8) is 0 Å². The number of anilines is 2. The van der Waals surface area contributed by atoms with E-state index < -0.39 is 15.9 Å². The smallest absolute Gasteiger partial charge is 0.262 e. The number of carbonyl (C=O) groups is 2. The van der Waals surface area contributed by atoms with Gasteiger partial charge in [0.25, 0.3) is 5.91 Å². The molecule has 2 aromatic rings. The van der Waals surface area contributed by atoms with Gasteiger partial charge in [0.1, 0.15) is 11.5 Å². The first-order valence-electron chi connectivity index (χ1n) is 10.5. The molecule has 32 heavy (non-hydrogen) atoms. The van der Waals surface area contributed by atoms with Crippen LogP contribution in [0.5, 0.6) is 11.5 Å². The van der Waals surface area contributed by atoms with Crippen LogP contribution in [0.25, 0.3) is 0 Å². The number of amides is 2. The summed E-state index contributed by atoms with van der Waals surface area (Å²) in [4.78, 5) is 24.5. The second-order valence-electron chi connectivity index (χ2n) is 7.62. The normalized spacial score (nSPS) is 18.8. The summed E-state index contributed by atoms with van der Waals surface area (Å²) in [6.45, 7) is 2.62. The molecular formula is C22H25N3O6S. The molecule has 2 aliphatic rings. The van der Waals surface area contributed by atoms with Crippen LogP contribution < -0.4 is 20.1 Å². The molecule has 170 valence electrons. The molecule has 2 aliphatic heterocycles. The molecule has 4 rings (SSSR count). The summed E-state index contributed by atoms with van der Waals surface area (Å²) in [7, 11) is -3.85. The molecule has 2 aromatic carbocycles. The summed E-state index contributed by atoms with van der Waals surface area (Å²) in [5.74, 6) is -0.0829. The summed E-state index contributed by atoms with van der Waals surface area (Å²) in [6.07, 6.45) is 1.15. The van der Waals surface area contributed by atoms with Crippen LogP contribution in [-0.4, -0.2) is 50.8 Å². The van der Waals surface area contributed by atoms with Gasteiger partial charge in [0.15, 0.2) is 6.61 Å². The Morgan fingerprint density at radius 2 is 2.09 bits per heavy atom. The van der Waals surface area contributed by atoms with Crippen LogP contribution in [0.15, 0.2) is 47.4 Å². The minimum atomic E-state index is -3.85. The quantitative estimate of drug-likeness (QED) is 0.686. The van der Waals surface area contributed by atoms with E-state index in [1.54, 1.807) is 18.2 Å². The van der Waals surface area contributed by atoms with Gasteiger partial charge in [0.05, 0.1) is 28.8 Å². The molecule has 1 saturated heterocycles. The number of rotatable bonds is 6. The molecule has 1 atom stereocenters. The number of nitrogens with one attached hydrogen (secondary N) is 2. The average molecular weight is 460 g/mol. The Hall–Kier alpha value is -3.11.